The number of carboxylic acids is 1. The standard InChI is InChI=1S/C17H20N4O5S/c1-11(2)21-27(25,26)10-13-6-4-3-5-12(13)7-20-16(22)14-8-19-15(9-18-14)17(23)24/h3-6,8-9,11,21H,7,10H2,1-2H3,(H,20,22)(H,23,24). The Morgan fingerprint density at radius 3 is 2.22 bits per heavy atom. The highest BCUT2D eigenvalue weighted by Crippen LogP contribution is 2.12. The predicted octanol–water partition coefficient (Wildman–Crippen LogP) is 0.933. The van der Waals surface area contributed by atoms with Gasteiger partial charge in [-0.2, -0.15) is 0 Å². The quantitative estimate of drug-likeness (QED) is 0.607. The van der Waals surface area contributed by atoms with E-state index in [-0.39, 0.29) is 29.7 Å². The third-order valence-corrected chi connectivity index (χ3v) is 4.94. The Balaban J connectivity index is 2.07. The van der Waals surface area contributed by atoms with Crippen molar-refractivity contribution in [2.24, 2.45) is 0 Å². The van der Waals surface area contributed by atoms with Crippen molar-refractivity contribution in [3.8, 4) is 0 Å². The van der Waals surface area contributed by atoms with Gasteiger partial charge in [-0.15, -0.1) is 0 Å². The molecule has 2 aromatic rings. The van der Waals surface area contributed by atoms with Gasteiger partial charge in [-0.25, -0.2) is 27.9 Å². The van der Waals surface area contributed by atoms with Crippen molar-refractivity contribution in [3.05, 3.63) is 59.2 Å². The average Bonchev–Trinajstić information content (AvgIpc) is 2.59. The van der Waals surface area contributed by atoms with Crippen molar-refractivity contribution >= 4 is 21.9 Å². The molecule has 0 saturated carbocycles. The van der Waals surface area contributed by atoms with Crippen LogP contribution in [0.1, 0.15) is 46.0 Å². The molecule has 0 spiro atoms. The summed E-state index contributed by atoms with van der Waals surface area (Å²) in [6.07, 6.45) is 2.07. The Hall–Kier alpha value is -2.85. The number of hydrogen-bond donors (Lipinski definition) is 3. The fraction of sp³-hybridized carbons (Fsp3) is 0.294. The summed E-state index contributed by atoms with van der Waals surface area (Å²) >= 11 is 0. The van der Waals surface area contributed by atoms with Crippen LogP contribution in [0.3, 0.4) is 0 Å². The molecular weight excluding hydrogens is 372 g/mol. The number of rotatable bonds is 8. The van der Waals surface area contributed by atoms with Crippen molar-refractivity contribution in [1.29, 1.82) is 0 Å². The number of carbonyl (C=O) groups excluding carboxylic acids is 1. The molecule has 144 valence electrons. The Morgan fingerprint density at radius 2 is 1.67 bits per heavy atom. The number of sulfonamides is 1. The van der Waals surface area contributed by atoms with Crippen LogP contribution in [0.5, 0.6) is 0 Å². The van der Waals surface area contributed by atoms with E-state index in [0.29, 0.717) is 11.1 Å². The summed E-state index contributed by atoms with van der Waals surface area (Å²) in [6, 6.07) is 6.66. The lowest BCUT2D eigenvalue weighted by Gasteiger charge is -2.13. The van der Waals surface area contributed by atoms with Gasteiger partial charge in [0.1, 0.15) is 5.69 Å². The van der Waals surface area contributed by atoms with E-state index < -0.39 is 21.9 Å². The molecule has 3 N–H and O–H groups in total. The molecule has 0 saturated heterocycles. The lowest BCUT2D eigenvalue weighted by Crippen LogP contribution is -2.32. The minimum atomic E-state index is -3.50. The second-order valence-electron chi connectivity index (χ2n) is 6.08. The van der Waals surface area contributed by atoms with Gasteiger partial charge in [0.25, 0.3) is 5.91 Å². The monoisotopic (exact) mass is 392 g/mol. The molecule has 0 aliphatic rings. The van der Waals surface area contributed by atoms with Crippen molar-refractivity contribution in [2.45, 2.75) is 32.2 Å². The van der Waals surface area contributed by atoms with Gasteiger partial charge in [0.2, 0.25) is 10.0 Å². The summed E-state index contributed by atoms with van der Waals surface area (Å²) in [6.45, 7) is 3.56. The first-order valence-electron chi connectivity index (χ1n) is 8.08. The zero-order valence-corrected chi connectivity index (χ0v) is 15.7. The zero-order valence-electron chi connectivity index (χ0n) is 14.8. The molecule has 0 fully saturated rings. The maximum absolute atomic E-state index is 12.1. The van der Waals surface area contributed by atoms with Crippen LogP contribution in [0.2, 0.25) is 0 Å². The van der Waals surface area contributed by atoms with Gasteiger partial charge in [-0.05, 0) is 25.0 Å². The molecule has 0 unspecified atom stereocenters. The summed E-state index contributed by atoms with van der Waals surface area (Å²) < 4.78 is 26.8. The second kappa shape index (κ2) is 8.69. The summed E-state index contributed by atoms with van der Waals surface area (Å²) in [5.74, 6) is -1.98. The number of nitrogens with one attached hydrogen (secondary N) is 2. The minimum absolute atomic E-state index is 0.0356. The molecule has 2 rings (SSSR count). The summed E-state index contributed by atoms with van der Waals surface area (Å²) in [5, 5.41) is 11.4. The highest BCUT2D eigenvalue weighted by atomic mass is 32.2. The SMILES string of the molecule is CC(C)NS(=O)(=O)Cc1ccccc1CNC(=O)c1cnc(C(=O)O)cn1. The Morgan fingerprint density at radius 1 is 1.07 bits per heavy atom. The van der Waals surface area contributed by atoms with E-state index in [1.165, 1.54) is 0 Å². The van der Waals surface area contributed by atoms with Gasteiger partial charge < -0.3 is 10.4 Å². The van der Waals surface area contributed by atoms with Crippen LogP contribution in [0.15, 0.2) is 36.7 Å². The number of carbonyl (C=O) groups is 2. The summed E-state index contributed by atoms with van der Waals surface area (Å²) in [4.78, 5) is 30.3. The molecule has 0 aliphatic heterocycles. The highest BCUT2D eigenvalue weighted by molar-refractivity contribution is 7.88. The third-order valence-electron chi connectivity index (χ3n) is 3.42. The Bertz CT molecular complexity index is 927. The zero-order chi connectivity index (χ0) is 20.0. The Kier molecular flexibility index (Phi) is 6.59. The van der Waals surface area contributed by atoms with Crippen LogP contribution < -0.4 is 10.0 Å². The second-order valence-corrected chi connectivity index (χ2v) is 7.83. The topological polar surface area (TPSA) is 138 Å². The number of carboxylic acid groups (broad SMARTS) is 1. The van der Waals surface area contributed by atoms with Crippen LogP contribution in [-0.4, -0.2) is 41.4 Å². The fourth-order valence-corrected chi connectivity index (χ4v) is 3.79. The molecule has 1 aromatic carbocycles. The van der Waals surface area contributed by atoms with E-state index in [2.05, 4.69) is 20.0 Å². The smallest absolute Gasteiger partial charge is 0.356 e. The molecule has 0 atom stereocenters. The number of hydrogen-bond acceptors (Lipinski definition) is 6. The van der Waals surface area contributed by atoms with Gasteiger partial charge in [0.15, 0.2) is 5.69 Å². The van der Waals surface area contributed by atoms with Gasteiger partial charge in [0, 0.05) is 12.6 Å². The van der Waals surface area contributed by atoms with Crippen LogP contribution >= 0.6 is 0 Å². The van der Waals surface area contributed by atoms with Crippen molar-refractivity contribution in [2.75, 3.05) is 0 Å². The summed E-state index contributed by atoms with van der Waals surface area (Å²) in [7, 11) is -3.50. The normalized spacial score (nSPS) is 11.4. The van der Waals surface area contributed by atoms with E-state index >= 15 is 0 Å². The molecule has 0 radical (unpaired) electrons. The maximum atomic E-state index is 12.1. The lowest BCUT2D eigenvalue weighted by atomic mass is 10.1. The largest absolute Gasteiger partial charge is 0.476 e. The number of aromatic carboxylic acids is 1. The van der Waals surface area contributed by atoms with Gasteiger partial charge >= 0.3 is 5.97 Å². The number of aromatic nitrogens is 2. The van der Waals surface area contributed by atoms with Crippen molar-refractivity contribution in [3.63, 3.8) is 0 Å². The van der Waals surface area contributed by atoms with Crippen LogP contribution in [-0.2, 0) is 22.3 Å². The Labute approximate surface area is 156 Å². The maximum Gasteiger partial charge on any atom is 0.356 e. The number of amides is 1. The number of nitrogens with zero attached hydrogens (tertiary/aromatic N) is 2. The van der Waals surface area contributed by atoms with Gasteiger partial charge in [0.05, 0.1) is 18.1 Å². The molecule has 1 heterocycles. The summed E-state index contributed by atoms with van der Waals surface area (Å²) in [5.41, 5.74) is 0.916. The molecular formula is C17H20N4O5S. The number of benzene rings is 1. The van der Waals surface area contributed by atoms with E-state index in [1.807, 2.05) is 0 Å². The van der Waals surface area contributed by atoms with E-state index in [4.69, 9.17) is 5.11 Å². The fourth-order valence-electron chi connectivity index (χ4n) is 2.30. The molecule has 1 aromatic heterocycles. The molecule has 27 heavy (non-hydrogen) atoms. The van der Waals surface area contributed by atoms with Crippen molar-refractivity contribution < 1.29 is 23.1 Å². The highest BCUT2D eigenvalue weighted by Gasteiger charge is 2.16. The van der Waals surface area contributed by atoms with E-state index in [0.717, 1.165) is 12.4 Å². The van der Waals surface area contributed by atoms with Crippen LogP contribution in [0.25, 0.3) is 0 Å². The molecule has 0 aliphatic carbocycles. The lowest BCUT2D eigenvalue weighted by molar-refractivity contribution is 0.0689. The van der Waals surface area contributed by atoms with Crippen LogP contribution in [0, 0.1) is 0 Å². The van der Waals surface area contributed by atoms with E-state index in [1.54, 1.807) is 38.1 Å². The van der Waals surface area contributed by atoms with Crippen molar-refractivity contribution in [1.82, 2.24) is 20.0 Å². The average molecular weight is 392 g/mol. The first kappa shape index (κ1) is 20.5. The van der Waals surface area contributed by atoms with Gasteiger partial charge in [-0.1, -0.05) is 24.3 Å². The first-order valence-corrected chi connectivity index (χ1v) is 9.73. The molecule has 0 bridgehead atoms. The molecule has 9 nitrogen and oxygen atoms in total. The first-order chi connectivity index (χ1) is 12.7. The van der Waals surface area contributed by atoms with E-state index in [9.17, 15) is 18.0 Å². The molecule has 10 heteroatoms. The van der Waals surface area contributed by atoms with Gasteiger partial charge in [-0.3, -0.25) is 4.79 Å². The van der Waals surface area contributed by atoms with Crippen LogP contribution in [0.4, 0.5) is 0 Å². The third kappa shape index (κ3) is 6.12. The predicted molar refractivity (Wildman–Crippen MR) is 97.5 cm³/mol. The minimum Gasteiger partial charge on any atom is -0.476 e. The molecule has 1 amide bonds.